The van der Waals surface area contributed by atoms with Gasteiger partial charge in [-0.15, -0.1) is 4.57 Å². The molecule has 0 aliphatic carbocycles. The first-order valence-corrected chi connectivity index (χ1v) is 13.1. The highest BCUT2D eigenvalue weighted by atomic mass is 16.6. The van der Waals surface area contributed by atoms with Gasteiger partial charge in [-0.25, -0.2) is 9.89 Å². The summed E-state index contributed by atoms with van der Waals surface area (Å²) in [5, 5.41) is 32.0. The second kappa shape index (κ2) is 10.6. The number of carbonyl (C=O) groups is 1. The van der Waals surface area contributed by atoms with Gasteiger partial charge in [-0.3, -0.25) is 4.79 Å². The number of nitro groups is 2. The van der Waals surface area contributed by atoms with Crippen molar-refractivity contribution in [3.63, 3.8) is 0 Å². The minimum absolute atomic E-state index is 0.0424. The van der Waals surface area contributed by atoms with Crippen LogP contribution in [0.5, 0.6) is 0 Å². The summed E-state index contributed by atoms with van der Waals surface area (Å²) in [6, 6.07) is 3.23. The Hall–Kier alpha value is -4.48. The molecule has 0 unspecified atom stereocenters. The van der Waals surface area contributed by atoms with Crippen LogP contribution in [0.25, 0.3) is 0 Å². The van der Waals surface area contributed by atoms with Crippen LogP contribution < -0.4 is 4.57 Å². The minimum atomic E-state index is -0.857. The maximum absolute atomic E-state index is 11.8. The van der Waals surface area contributed by atoms with Crippen molar-refractivity contribution in [2.45, 2.75) is 58.8 Å². The first kappa shape index (κ1) is 28.5. The number of aliphatic carboxylic acids is 1. The number of carboxylic acids is 1. The third-order valence-corrected chi connectivity index (χ3v) is 7.71. The van der Waals surface area contributed by atoms with Crippen LogP contribution in [0.2, 0.25) is 0 Å². The van der Waals surface area contributed by atoms with E-state index in [2.05, 4.69) is 0 Å². The number of aromatic nitrogens is 1. The molecule has 12 nitrogen and oxygen atoms in total. The third kappa shape index (κ3) is 5.08. The van der Waals surface area contributed by atoms with E-state index in [4.69, 9.17) is 15.1 Å². The molecule has 0 saturated heterocycles. The number of pyridine rings is 1. The van der Waals surface area contributed by atoms with Crippen LogP contribution in [0.4, 0.5) is 11.6 Å². The number of allylic oxidation sites excluding steroid dienone is 6. The number of rotatable bonds is 10. The second-order valence-corrected chi connectivity index (χ2v) is 11.1. The van der Waals surface area contributed by atoms with E-state index < -0.39 is 26.6 Å². The standard InChI is InChI=1S/C28H32N6O6/c1-27(2)18-13-15-22(33(37)38)31(5)25(18)29-20(27)10-9-11-21-28(3,4)19-14-16-23(34(39)40)32(26(19)30-21)17-8-6-7-12-24(35)36/h9-11,13-16H,6-8,12,17H2,1-5H3/p+1. The fraction of sp³-hybridized carbons (Fsp3) is 0.429. The molecular weight excluding hydrogens is 516 g/mol. The normalized spacial score (nSPS) is 19.6. The lowest BCUT2D eigenvalue weighted by Gasteiger charge is -2.26. The maximum Gasteiger partial charge on any atom is 0.393 e. The van der Waals surface area contributed by atoms with Gasteiger partial charge in [0, 0.05) is 33.4 Å². The van der Waals surface area contributed by atoms with E-state index >= 15 is 0 Å². The molecule has 3 aliphatic heterocycles. The summed E-state index contributed by atoms with van der Waals surface area (Å²) in [6.45, 7) is 8.40. The van der Waals surface area contributed by atoms with Crippen molar-refractivity contribution in [1.29, 1.82) is 0 Å². The highest BCUT2D eigenvalue weighted by Crippen LogP contribution is 2.45. The van der Waals surface area contributed by atoms with Crippen molar-refractivity contribution in [2.75, 3.05) is 6.54 Å². The molecule has 210 valence electrons. The number of nitrogens with zero attached hydrogens (tertiary/aromatic N) is 6. The Kier molecular flexibility index (Phi) is 7.55. The van der Waals surface area contributed by atoms with Gasteiger partial charge in [0.05, 0.1) is 29.3 Å². The fourth-order valence-electron chi connectivity index (χ4n) is 5.23. The molecule has 0 bridgehead atoms. The summed E-state index contributed by atoms with van der Waals surface area (Å²) in [5.41, 5.74) is 2.26. The maximum atomic E-state index is 11.8. The van der Waals surface area contributed by atoms with Gasteiger partial charge >= 0.3 is 23.4 Å². The average Bonchev–Trinajstić information content (AvgIpc) is 3.28. The molecule has 1 N–H and O–H groups in total. The Balaban J connectivity index is 1.61. The van der Waals surface area contributed by atoms with Gasteiger partial charge in [0.25, 0.3) is 0 Å². The summed E-state index contributed by atoms with van der Waals surface area (Å²) >= 11 is 0. The van der Waals surface area contributed by atoms with E-state index in [0.717, 1.165) is 22.5 Å². The number of hydrogen-bond donors (Lipinski definition) is 1. The number of hydrogen-bond acceptors (Lipinski definition) is 8. The molecule has 40 heavy (non-hydrogen) atoms. The smallest absolute Gasteiger partial charge is 0.393 e. The largest absolute Gasteiger partial charge is 0.481 e. The Morgan fingerprint density at radius 1 is 1.05 bits per heavy atom. The molecule has 0 spiro atoms. The Morgan fingerprint density at radius 3 is 2.42 bits per heavy atom. The van der Waals surface area contributed by atoms with E-state index in [9.17, 15) is 25.0 Å². The van der Waals surface area contributed by atoms with Crippen molar-refractivity contribution < 1.29 is 24.3 Å². The van der Waals surface area contributed by atoms with Crippen LogP contribution in [0.15, 0.2) is 69.6 Å². The molecule has 0 atom stereocenters. The molecule has 3 aliphatic rings. The predicted octanol–water partition coefficient (Wildman–Crippen LogP) is 4.67. The summed E-state index contributed by atoms with van der Waals surface area (Å²) in [4.78, 5) is 44.2. The summed E-state index contributed by atoms with van der Waals surface area (Å²) in [6.07, 6.45) is 10.6. The molecule has 0 aromatic carbocycles. The lowest BCUT2D eigenvalue weighted by atomic mass is 9.81. The first-order valence-electron chi connectivity index (χ1n) is 13.1. The van der Waals surface area contributed by atoms with Gasteiger partial charge in [0.15, 0.2) is 5.71 Å². The Labute approximate surface area is 231 Å². The van der Waals surface area contributed by atoms with Crippen LogP contribution >= 0.6 is 0 Å². The quantitative estimate of drug-likeness (QED) is 0.192. The lowest BCUT2D eigenvalue weighted by molar-refractivity contribution is -0.705. The summed E-state index contributed by atoms with van der Waals surface area (Å²) < 4.78 is 1.48. The molecule has 0 amide bonds. The Morgan fingerprint density at radius 2 is 1.77 bits per heavy atom. The van der Waals surface area contributed by atoms with E-state index in [1.807, 2.05) is 45.9 Å². The van der Waals surface area contributed by atoms with Crippen LogP contribution in [0.3, 0.4) is 0 Å². The molecule has 4 heterocycles. The Bertz CT molecular complexity index is 1480. The third-order valence-electron chi connectivity index (χ3n) is 7.71. The van der Waals surface area contributed by atoms with Crippen LogP contribution in [-0.2, 0) is 17.3 Å². The van der Waals surface area contributed by atoms with Gasteiger partial charge in [-0.2, -0.15) is 0 Å². The number of carboxylic acid groups (broad SMARTS) is 1. The SMILES string of the molecule is C[n+]1c([N+](=O)[O-])ccc2c1N=C(C=CC=C1N=C3C(=CC=C([N+](=O)[O-])N3CCCCCC(=O)O)C1(C)C)C2(C)C. The van der Waals surface area contributed by atoms with Gasteiger partial charge in [0.1, 0.15) is 7.05 Å². The minimum Gasteiger partial charge on any atom is -0.481 e. The van der Waals surface area contributed by atoms with E-state index in [0.29, 0.717) is 37.5 Å². The highest BCUT2D eigenvalue weighted by molar-refractivity contribution is 6.08. The highest BCUT2D eigenvalue weighted by Gasteiger charge is 2.47. The first-order chi connectivity index (χ1) is 18.8. The van der Waals surface area contributed by atoms with Crippen LogP contribution in [0, 0.1) is 25.6 Å². The van der Waals surface area contributed by atoms with Crippen molar-refractivity contribution in [3.8, 4) is 0 Å². The zero-order valence-corrected chi connectivity index (χ0v) is 23.2. The number of aliphatic imine (C=N–C) groups is 2. The molecule has 0 radical (unpaired) electrons. The molecule has 1 aromatic rings. The van der Waals surface area contributed by atoms with Gasteiger partial charge in [-0.1, -0.05) is 6.08 Å². The number of amidine groups is 1. The van der Waals surface area contributed by atoms with Crippen molar-refractivity contribution >= 4 is 29.2 Å². The van der Waals surface area contributed by atoms with Gasteiger partial charge in [0.2, 0.25) is 5.84 Å². The van der Waals surface area contributed by atoms with Crippen molar-refractivity contribution in [1.82, 2.24) is 4.90 Å². The molecule has 1 aromatic heterocycles. The van der Waals surface area contributed by atoms with Crippen molar-refractivity contribution in [3.05, 3.63) is 85.4 Å². The zero-order chi connectivity index (χ0) is 29.4. The zero-order valence-electron chi connectivity index (χ0n) is 23.2. The molecule has 0 saturated carbocycles. The molecule has 12 heteroatoms. The predicted molar refractivity (Wildman–Crippen MR) is 149 cm³/mol. The van der Waals surface area contributed by atoms with Crippen LogP contribution in [-0.4, -0.2) is 43.9 Å². The topological polar surface area (TPSA) is 155 Å². The van der Waals surface area contributed by atoms with Gasteiger partial charge < -0.3 is 25.3 Å². The van der Waals surface area contributed by atoms with Crippen LogP contribution in [0.1, 0.15) is 58.9 Å². The second-order valence-electron chi connectivity index (χ2n) is 11.1. The molecule has 4 rings (SSSR count). The van der Waals surface area contributed by atoms with E-state index in [1.165, 1.54) is 16.7 Å². The van der Waals surface area contributed by atoms with E-state index in [-0.39, 0.29) is 18.1 Å². The fourth-order valence-corrected chi connectivity index (χ4v) is 5.23. The molecule has 0 fully saturated rings. The summed E-state index contributed by atoms with van der Waals surface area (Å²) in [7, 11) is 1.63. The number of unbranched alkanes of at least 4 members (excludes halogenated alkanes) is 2. The van der Waals surface area contributed by atoms with E-state index in [1.54, 1.807) is 24.1 Å². The number of fused-ring (bicyclic) bond motifs is 2. The molecular formula is C28H33N6O6+. The van der Waals surface area contributed by atoms with Crippen molar-refractivity contribution in [2.24, 2.45) is 22.4 Å². The van der Waals surface area contributed by atoms with Gasteiger partial charge in [-0.05, 0) is 76.2 Å². The summed E-state index contributed by atoms with van der Waals surface area (Å²) in [5.74, 6) is 0.114. The lowest BCUT2D eigenvalue weighted by Crippen LogP contribution is -2.38. The monoisotopic (exact) mass is 549 g/mol. The average molecular weight is 550 g/mol.